The lowest BCUT2D eigenvalue weighted by molar-refractivity contribution is -0.129. The Morgan fingerprint density at radius 1 is 1.28 bits per heavy atom. The first kappa shape index (κ1) is 16.0. The number of nitrogens with zero attached hydrogens (tertiary/aromatic N) is 2. The molecule has 2 heterocycles. The fourth-order valence-corrected chi connectivity index (χ4v) is 3.88. The molecule has 0 atom stereocenters. The smallest absolute Gasteiger partial charge is 0.233 e. The Kier molecular flexibility index (Phi) is 4.36. The number of aromatic amines is 1. The molecule has 0 saturated carbocycles. The number of carbonyl (C=O) groups is 1. The number of imidazole rings is 1. The van der Waals surface area contributed by atoms with Crippen LogP contribution in [0.4, 0.5) is 0 Å². The van der Waals surface area contributed by atoms with Gasteiger partial charge in [-0.3, -0.25) is 4.79 Å². The van der Waals surface area contributed by atoms with Gasteiger partial charge in [0.05, 0.1) is 23.9 Å². The van der Waals surface area contributed by atoms with Gasteiger partial charge in [0.2, 0.25) is 5.91 Å². The highest BCUT2D eigenvalue weighted by Gasteiger charge is 2.20. The second kappa shape index (κ2) is 6.80. The van der Waals surface area contributed by atoms with E-state index in [2.05, 4.69) is 28.2 Å². The third-order valence-corrected chi connectivity index (χ3v) is 5.34. The molecule has 0 unspecified atom stereocenters. The monoisotopic (exact) mass is 353 g/mol. The molecule has 3 aromatic rings. The van der Waals surface area contributed by atoms with Crippen molar-refractivity contribution in [2.24, 2.45) is 0 Å². The molecule has 2 aromatic carbocycles. The number of hydrogen-bond acceptors (Lipinski definition) is 4. The normalized spacial score (nSPS) is 13.7. The molecule has 1 aliphatic heterocycles. The number of thioether (sulfide) groups is 1. The van der Waals surface area contributed by atoms with Crippen molar-refractivity contribution in [1.29, 1.82) is 0 Å². The van der Waals surface area contributed by atoms with Gasteiger partial charge < -0.3 is 14.6 Å². The predicted molar refractivity (Wildman–Crippen MR) is 98.9 cm³/mol. The molecule has 0 bridgehead atoms. The van der Waals surface area contributed by atoms with Crippen molar-refractivity contribution in [2.75, 3.05) is 19.4 Å². The molecule has 128 valence electrons. The number of H-pyrrole nitrogens is 1. The van der Waals surface area contributed by atoms with Crippen LogP contribution in [-0.2, 0) is 17.8 Å². The maximum Gasteiger partial charge on any atom is 0.233 e. The minimum atomic E-state index is 0.150. The van der Waals surface area contributed by atoms with Crippen LogP contribution >= 0.6 is 11.8 Å². The molecular formula is C19H19N3O2S. The number of rotatable bonds is 4. The van der Waals surface area contributed by atoms with E-state index in [-0.39, 0.29) is 5.91 Å². The molecule has 4 rings (SSSR count). The van der Waals surface area contributed by atoms with Crippen LogP contribution < -0.4 is 4.74 Å². The molecule has 6 heteroatoms. The number of amides is 1. The van der Waals surface area contributed by atoms with Crippen molar-refractivity contribution in [3.63, 3.8) is 0 Å². The molecule has 5 nitrogen and oxygen atoms in total. The highest BCUT2D eigenvalue weighted by Crippen LogP contribution is 2.24. The van der Waals surface area contributed by atoms with Gasteiger partial charge in [0, 0.05) is 19.2 Å². The van der Waals surface area contributed by atoms with Crippen molar-refractivity contribution in [1.82, 2.24) is 14.9 Å². The number of carbonyl (C=O) groups excluding carboxylic acids is 1. The first-order valence-electron chi connectivity index (χ1n) is 8.24. The number of nitrogens with one attached hydrogen (secondary N) is 1. The summed E-state index contributed by atoms with van der Waals surface area (Å²) in [5.41, 5.74) is 4.40. The SMILES string of the molecule is COc1ccc2nc(SCC(=O)N3CCc4ccccc4C3)[nH]c2c1. The molecule has 1 aromatic heterocycles. The number of benzene rings is 2. The Morgan fingerprint density at radius 3 is 2.96 bits per heavy atom. The van der Waals surface area contributed by atoms with Gasteiger partial charge in [-0.25, -0.2) is 4.98 Å². The molecule has 0 fully saturated rings. The Morgan fingerprint density at radius 2 is 2.12 bits per heavy atom. The zero-order chi connectivity index (χ0) is 17.2. The molecule has 0 spiro atoms. The summed E-state index contributed by atoms with van der Waals surface area (Å²) in [5, 5.41) is 0.758. The molecule has 25 heavy (non-hydrogen) atoms. The van der Waals surface area contributed by atoms with E-state index in [1.54, 1.807) is 7.11 Å². The van der Waals surface area contributed by atoms with Gasteiger partial charge in [0.1, 0.15) is 5.75 Å². The van der Waals surface area contributed by atoms with E-state index in [9.17, 15) is 4.79 Å². The molecule has 0 saturated heterocycles. The van der Waals surface area contributed by atoms with E-state index in [0.717, 1.165) is 34.9 Å². The summed E-state index contributed by atoms with van der Waals surface area (Å²) < 4.78 is 5.22. The summed E-state index contributed by atoms with van der Waals surface area (Å²) in [6.07, 6.45) is 0.928. The van der Waals surface area contributed by atoms with Crippen molar-refractivity contribution in [3.05, 3.63) is 53.6 Å². The van der Waals surface area contributed by atoms with Gasteiger partial charge in [-0.05, 0) is 29.7 Å². The first-order valence-corrected chi connectivity index (χ1v) is 9.22. The van der Waals surface area contributed by atoms with E-state index < -0.39 is 0 Å². The van der Waals surface area contributed by atoms with Crippen LogP contribution in [0.5, 0.6) is 5.75 Å². The van der Waals surface area contributed by atoms with Crippen LogP contribution in [0.2, 0.25) is 0 Å². The Hall–Kier alpha value is -2.47. The molecule has 0 aliphatic carbocycles. The maximum absolute atomic E-state index is 12.5. The summed E-state index contributed by atoms with van der Waals surface area (Å²) in [6.45, 7) is 1.49. The standard InChI is InChI=1S/C19H19N3O2S/c1-24-15-6-7-16-17(10-15)21-19(20-16)25-12-18(23)22-9-8-13-4-2-3-5-14(13)11-22/h2-7,10H,8-9,11-12H2,1H3,(H,20,21). The number of hydrogen-bond donors (Lipinski definition) is 1. The number of fused-ring (bicyclic) bond motifs is 2. The number of ether oxygens (including phenoxy) is 1. The lowest BCUT2D eigenvalue weighted by Crippen LogP contribution is -2.37. The molecule has 0 radical (unpaired) electrons. The average Bonchev–Trinajstić information content (AvgIpc) is 3.07. The molecule has 1 amide bonds. The average molecular weight is 353 g/mol. The lowest BCUT2D eigenvalue weighted by Gasteiger charge is -2.28. The maximum atomic E-state index is 12.5. The van der Waals surface area contributed by atoms with Crippen LogP contribution in [0.25, 0.3) is 11.0 Å². The fraction of sp³-hybridized carbons (Fsp3) is 0.263. The highest BCUT2D eigenvalue weighted by atomic mass is 32.2. The molecule has 1 N–H and O–H groups in total. The molecular weight excluding hydrogens is 334 g/mol. The van der Waals surface area contributed by atoms with Crippen LogP contribution in [-0.4, -0.2) is 40.2 Å². The van der Waals surface area contributed by atoms with Crippen LogP contribution in [0.15, 0.2) is 47.6 Å². The van der Waals surface area contributed by atoms with Gasteiger partial charge in [-0.15, -0.1) is 0 Å². The summed E-state index contributed by atoms with van der Waals surface area (Å²) in [7, 11) is 1.64. The van der Waals surface area contributed by atoms with Gasteiger partial charge in [0.15, 0.2) is 5.16 Å². The largest absolute Gasteiger partial charge is 0.497 e. The summed E-state index contributed by atoms with van der Waals surface area (Å²) in [5.74, 6) is 1.33. The van der Waals surface area contributed by atoms with Crippen molar-refractivity contribution >= 4 is 28.7 Å². The zero-order valence-electron chi connectivity index (χ0n) is 14.0. The van der Waals surface area contributed by atoms with Crippen LogP contribution in [0.1, 0.15) is 11.1 Å². The predicted octanol–water partition coefficient (Wildman–Crippen LogP) is 3.25. The topological polar surface area (TPSA) is 58.2 Å². The van der Waals surface area contributed by atoms with E-state index in [4.69, 9.17) is 4.74 Å². The van der Waals surface area contributed by atoms with Crippen molar-refractivity contribution in [3.8, 4) is 5.75 Å². The number of methoxy groups -OCH3 is 1. The van der Waals surface area contributed by atoms with Crippen LogP contribution in [0.3, 0.4) is 0 Å². The third kappa shape index (κ3) is 3.35. The van der Waals surface area contributed by atoms with Gasteiger partial charge in [0.25, 0.3) is 0 Å². The Bertz CT molecular complexity index is 922. The first-order chi connectivity index (χ1) is 12.2. The zero-order valence-corrected chi connectivity index (χ0v) is 14.8. The quantitative estimate of drug-likeness (QED) is 0.732. The van der Waals surface area contributed by atoms with Gasteiger partial charge in [-0.1, -0.05) is 36.0 Å². The van der Waals surface area contributed by atoms with E-state index >= 15 is 0 Å². The van der Waals surface area contributed by atoms with Crippen LogP contribution in [0, 0.1) is 0 Å². The van der Waals surface area contributed by atoms with Crippen molar-refractivity contribution in [2.45, 2.75) is 18.1 Å². The van der Waals surface area contributed by atoms with Gasteiger partial charge in [-0.2, -0.15) is 0 Å². The minimum absolute atomic E-state index is 0.150. The van der Waals surface area contributed by atoms with E-state index in [1.807, 2.05) is 29.2 Å². The summed E-state index contributed by atoms with van der Waals surface area (Å²) >= 11 is 1.44. The summed E-state index contributed by atoms with van der Waals surface area (Å²) in [4.78, 5) is 22.2. The molecule has 1 aliphatic rings. The lowest BCUT2D eigenvalue weighted by atomic mass is 10.00. The Balaban J connectivity index is 1.40. The van der Waals surface area contributed by atoms with Gasteiger partial charge >= 0.3 is 0 Å². The van der Waals surface area contributed by atoms with E-state index in [0.29, 0.717) is 12.3 Å². The summed E-state index contributed by atoms with van der Waals surface area (Å²) in [6, 6.07) is 14.1. The minimum Gasteiger partial charge on any atom is -0.497 e. The second-order valence-corrected chi connectivity index (χ2v) is 7.01. The number of aromatic nitrogens is 2. The van der Waals surface area contributed by atoms with Crippen molar-refractivity contribution < 1.29 is 9.53 Å². The highest BCUT2D eigenvalue weighted by molar-refractivity contribution is 7.99. The van der Waals surface area contributed by atoms with E-state index in [1.165, 1.54) is 22.9 Å². The Labute approximate surface area is 150 Å². The fourth-order valence-electron chi connectivity index (χ4n) is 3.09. The third-order valence-electron chi connectivity index (χ3n) is 4.48. The second-order valence-electron chi connectivity index (χ2n) is 6.05.